The summed E-state index contributed by atoms with van der Waals surface area (Å²) in [5.74, 6) is 0.00333. The monoisotopic (exact) mass is 514 g/mol. The van der Waals surface area contributed by atoms with Gasteiger partial charge in [-0.25, -0.2) is 0 Å². The van der Waals surface area contributed by atoms with Crippen LogP contribution in [0.15, 0.2) is 115 Å². The van der Waals surface area contributed by atoms with E-state index in [1.807, 2.05) is 91.0 Å². The molecule has 1 saturated heterocycles. The van der Waals surface area contributed by atoms with Gasteiger partial charge >= 0.3 is 5.97 Å². The molecule has 6 nitrogen and oxygen atoms in total. The molecule has 1 fully saturated rings. The van der Waals surface area contributed by atoms with Crippen LogP contribution in [0.4, 0.5) is 0 Å². The zero-order valence-corrected chi connectivity index (χ0v) is 21.6. The normalized spacial score (nSPS) is 22.0. The summed E-state index contributed by atoms with van der Waals surface area (Å²) in [6.45, 7) is 6.50. The van der Waals surface area contributed by atoms with Crippen LogP contribution in [0.5, 0.6) is 0 Å². The number of hydrogen-bond acceptors (Lipinski definition) is 6. The minimum Gasteiger partial charge on any atom is -0.485 e. The molecule has 1 aliphatic heterocycles. The van der Waals surface area contributed by atoms with Gasteiger partial charge in [0.2, 0.25) is 0 Å². The number of rotatable bonds is 12. The van der Waals surface area contributed by atoms with Crippen molar-refractivity contribution in [1.29, 1.82) is 0 Å². The van der Waals surface area contributed by atoms with Crippen molar-refractivity contribution in [2.75, 3.05) is 6.61 Å². The molecule has 38 heavy (non-hydrogen) atoms. The lowest BCUT2D eigenvalue weighted by Gasteiger charge is -2.43. The Morgan fingerprint density at radius 3 is 1.79 bits per heavy atom. The Labute approximate surface area is 224 Å². The molecule has 0 spiro atoms. The second kappa shape index (κ2) is 14.3. The van der Waals surface area contributed by atoms with Gasteiger partial charge in [0.15, 0.2) is 12.2 Å². The van der Waals surface area contributed by atoms with Crippen LogP contribution in [0.25, 0.3) is 0 Å². The van der Waals surface area contributed by atoms with Crippen molar-refractivity contribution in [3.8, 4) is 0 Å². The van der Waals surface area contributed by atoms with Gasteiger partial charge in [0.25, 0.3) is 0 Å². The highest BCUT2D eigenvalue weighted by atomic mass is 16.6. The Kier molecular flexibility index (Phi) is 10.3. The van der Waals surface area contributed by atoms with Crippen molar-refractivity contribution < 1.29 is 28.5 Å². The van der Waals surface area contributed by atoms with Gasteiger partial charge in [-0.15, -0.1) is 0 Å². The maximum Gasteiger partial charge on any atom is 0.303 e. The van der Waals surface area contributed by atoms with Gasteiger partial charge in [0.05, 0.1) is 26.4 Å². The first-order valence-corrected chi connectivity index (χ1v) is 12.7. The van der Waals surface area contributed by atoms with Gasteiger partial charge in [0.1, 0.15) is 18.0 Å². The Morgan fingerprint density at radius 1 is 0.789 bits per heavy atom. The summed E-state index contributed by atoms with van der Waals surface area (Å²) in [6, 6.07) is 29.7. The molecule has 3 aromatic carbocycles. The molecule has 0 N–H and O–H groups in total. The second-order valence-electron chi connectivity index (χ2n) is 9.01. The molecule has 0 saturated carbocycles. The SMILES string of the molecule is C=C/C=C1\O[C@H](COCc2ccccc2)[C@@H](OCc2ccccc2)[C@H](OCc2ccccc2)[C@@H]1OC(C)=O. The quantitative estimate of drug-likeness (QED) is 0.286. The van der Waals surface area contributed by atoms with E-state index in [1.54, 1.807) is 12.2 Å². The van der Waals surface area contributed by atoms with Crippen molar-refractivity contribution in [3.63, 3.8) is 0 Å². The number of benzene rings is 3. The van der Waals surface area contributed by atoms with Crippen LogP contribution in [0.3, 0.4) is 0 Å². The molecule has 0 aliphatic carbocycles. The maximum atomic E-state index is 12.1. The van der Waals surface area contributed by atoms with Crippen LogP contribution in [0, 0.1) is 0 Å². The lowest BCUT2D eigenvalue weighted by atomic mass is 9.96. The highest BCUT2D eigenvalue weighted by Gasteiger charge is 2.47. The minimum absolute atomic E-state index is 0.251. The molecule has 4 atom stereocenters. The average Bonchev–Trinajstić information content (AvgIpc) is 2.94. The first-order chi connectivity index (χ1) is 18.6. The summed E-state index contributed by atoms with van der Waals surface area (Å²) in [6.07, 6.45) is 0.757. The lowest BCUT2D eigenvalue weighted by Crippen LogP contribution is -2.56. The van der Waals surface area contributed by atoms with E-state index in [1.165, 1.54) is 6.92 Å². The van der Waals surface area contributed by atoms with Crippen molar-refractivity contribution in [2.45, 2.75) is 51.2 Å². The van der Waals surface area contributed by atoms with Crippen LogP contribution in [0.2, 0.25) is 0 Å². The van der Waals surface area contributed by atoms with Gasteiger partial charge in [-0.3, -0.25) is 4.79 Å². The first-order valence-electron chi connectivity index (χ1n) is 12.7. The molecular weight excluding hydrogens is 480 g/mol. The summed E-state index contributed by atoms with van der Waals surface area (Å²) in [5, 5.41) is 0. The summed E-state index contributed by atoms with van der Waals surface area (Å²) in [7, 11) is 0. The molecule has 4 rings (SSSR count). The first kappa shape index (κ1) is 27.3. The van der Waals surface area contributed by atoms with E-state index in [0.29, 0.717) is 25.6 Å². The fourth-order valence-corrected chi connectivity index (χ4v) is 4.32. The van der Waals surface area contributed by atoms with Crippen molar-refractivity contribution in [3.05, 3.63) is 132 Å². The highest BCUT2D eigenvalue weighted by Crippen LogP contribution is 2.32. The predicted molar refractivity (Wildman–Crippen MR) is 145 cm³/mol. The summed E-state index contributed by atoms with van der Waals surface area (Å²) in [4.78, 5) is 12.1. The van der Waals surface area contributed by atoms with E-state index in [0.717, 1.165) is 16.7 Å². The maximum absolute atomic E-state index is 12.1. The van der Waals surface area contributed by atoms with E-state index in [4.69, 9.17) is 23.7 Å². The molecule has 0 amide bonds. The van der Waals surface area contributed by atoms with Crippen LogP contribution >= 0.6 is 0 Å². The molecule has 1 heterocycles. The third kappa shape index (κ3) is 7.89. The van der Waals surface area contributed by atoms with Gasteiger partial charge in [-0.1, -0.05) is 104 Å². The van der Waals surface area contributed by atoms with Crippen LogP contribution in [-0.4, -0.2) is 37.0 Å². The molecule has 0 bridgehead atoms. The van der Waals surface area contributed by atoms with Gasteiger partial charge in [-0.2, -0.15) is 0 Å². The van der Waals surface area contributed by atoms with Crippen molar-refractivity contribution >= 4 is 5.97 Å². The largest absolute Gasteiger partial charge is 0.485 e. The number of ether oxygens (including phenoxy) is 5. The van der Waals surface area contributed by atoms with Gasteiger partial charge < -0.3 is 23.7 Å². The minimum atomic E-state index is -0.805. The fourth-order valence-electron chi connectivity index (χ4n) is 4.32. The number of carbonyl (C=O) groups is 1. The molecule has 6 heteroatoms. The van der Waals surface area contributed by atoms with E-state index in [9.17, 15) is 4.79 Å². The Hall–Kier alpha value is -3.71. The van der Waals surface area contributed by atoms with Crippen LogP contribution in [0.1, 0.15) is 23.6 Å². The van der Waals surface area contributed by atoms with E-state index >= 15 is 0 Å². The second-order valence-corrected chi connectivity index (χ2v) is 9.01. The summed E-state index contributed by atoms with van der Waals surface area (Å²) in [5.41, 5.74) is 3.06. The fraction of sp³-hybridized carbons (Fsp3) is 0.281. The third-order valence-corrected chi connectivity index (χ3v) is 6.10. The van der Waals surface area contributed by atoms with Crippen molar-refractivity contribution in [1.82, 2.24) is 0 Å². The van der Waals surface area contributed by atoms with Crippen molar-refractivity contribution in [2.24, 2.45) is 0 Å². The molecule has 1 aliphatic rings. The predicted octanol–water partition coefficient (Wildman–Crippen LogP) is 5.77. The summed E-state index contributed by atoms with van der Waals surface area (Å²) < 4.78 is 31.0. The average molecular weight is 515 g/mol. The lowest BCUT2D eigenvalue weighted by molar-refractivity contribution is -0.220. The zero-order valence-electron chi connectivity index (χ0n) is 21.6. The number of esters is 1. The Bertz CT molecular complexity index is 1160. The highest BCUT2D eigenvalue weighted by molar-refractivity contribution is 5.66. The number of carbonyl (C=O) groups excluding carboxylic acids is 1. The Balaban J connectivity index is 1.60. The molecule has 0 unspecified atom stereocenters. The molecular formula is C32H34O6. The van der Waals surface area contributed by atoms with E-state index in [2.05, 4.69) is 6.58 Å². The smallest absolute Gasteiger partial charge is 0.303 e. The topological polar surface area (TPSA) is 63.2 Å². The van der Waals surface area contributed by atoms with Gasteiger partial charge in [0, 0.05) is 6.92 Å². The van der Waals surface area contributed by atoms with E-state index in [-0.39, 0.29) is 6.61 Å². The molecule has 3 aromatic rings. The van der Waals surface area contributed by atoms with Gasteiger partial charge in [-0.05, 0) is 22.8 Å². The summed E-state index contributed by atoms with van der Waals surface area (Å²) >= 11 is 0. The number of hydrogen-bond donors (Lipinski definition) is 0. The van der Waals surface area contributed by atoms with Crippen LogP contribution < -0.4 is 0 Å². The molecule has 0 radical (unpaired) electrons. The third-order valence-electron chi connectivity index (χ3n) is 6.10. The zero-order chi connectivity index (χ0) is 26.6. The molecule has 198 valence electrons. The molecule has 0 aromatic heterocycles. The standard InChI is InChI=1S/C32H34O6/c1-3-13-28-31(37-24(2)33)32(36-22-27-18-11-6-12-19-27)30(35-21-26-16-9-5-10-17-26)29(38-28)23-34-20-25-14-7-4-8-15-25/h3-19,29-32H,1,20-23H2,2H3/b28-13-/t29-,30-,31-,32+/m1/s1. The number of allylic oxidation sites excluding steroid dienone is 2. The van der Waals surface area contributed by atoms with E-state index < -0.39 is 30.4 Å². The van der Waals surface area contributed by atoms with Crippen LogP contribution in [-0.2, 0) is 48.3 Å². The Morgan fingerprint density at radius 2 is 1.29 bits per heavy atom.